The largest absolute Gasteiger partial charge is 0.451 e. The summed E-state index contributed by atoms with van der Waals surface area (Å²) in [5, 5.41) is 3.31. The van der Waals surface area contributed by atoms with Crippen LogP contribution in [-0.2, 0) is 6.18 Å². The molecule has 0 saturated heterocycles. The maximum Gasteiger partial charge on any atom is 0.416 e. The fourth-order valence-electron chi connectivity index (χ4n) is 1.63. The third kappa shape index (κ3) is 4.02. The molecule has 0 aliphatic rings. The summed E-state index contributed by atoms with van der Waals surface area (Å²) in [6, 6.07) is 4.42. The number of rotatable bonds is 3. The smallest absolute Gasteiger partial charge is 0.416 e. The SMILES string of the molecule is [N-]=[N+]=Nc1cc(I)ccc1Oc1c(F)cc(C(F)(F)F)cc1F. The average molecular weight is 441 g/mol. The highest BCUT2D eigenvalue weighted by atomic mass is 127. The third-order valence-electron chi connectivity index (χ3n) is 2.61. The van der Waals surface area contributed by atoms with Crippen LogP contribution in [0.15, 0.2) is 35.4 Å². The van der Waals surface area contributed by atoms with Crippen molar-refractivity contribution in [3.8, 4) is 11.5 Å². The second kappa shape index (κ2) is 6.59. The Morgan fingerprint density at radius 1 is 1.09 bits per heavy atom. The van der Waals surface area contributed by atoms with E-state index in [1.54, 1.807) is 0 Å². The minimum atomic E-state index is -4.89. The Morgan fingerprint density at radius 3 is 2.22 bits per heavy atom. The molecule has 0 spiro atoms. The van der Waals surface area contributed by atoms with Crippen molar-refractivity contribution in [1.82, 2.24) is 0 Å². The molecule has 0 bridgehead atoms. The summed E-state index contributed by atoms with van der Waals surface area (Å²) < 4.78 is 70.6. The van der Waals surface area contributed by atoms with Crippen molar-refractivity contribution in [3.05, 3.63) is 61.5 Å². The van der Waals surface area contributed by atoms with Crippen molar-refractivity contribution in [2.45, 2.75) is 6.18 Å². The van der Waals surface area contributed by atoms with Crippen molar-refractivity contribution >= 4 is 28.3 Å². The summed E-state index contributed by atoms with van der Waals surface area (Å²) in [6.45, 7) is 0. The van der Waals surface area contributed by atoms with Gasteiger partial charge in [-0.2, -0.15) is 13.2 Å². The lowest BCUT2D eigenvalue weighted by Gasteiger charge is -2.13. The van der Waals surface area contributed by atoms with Gasteiger partial charge in [0, 0.05) is 8.48 Å². The molecule has 2 rings (SSSR count). The van der Waals surface area contributed by atoms with Crippen LogP contribution in [0.25, 0.3) is 10.4 Å². The lowest BCUT2D eigenvalue weighted by Crippen LogP contribution is -2.07. The predicted molar refractivity (Wildman–Crippen MR) is 79.4 cm³/mol. The molecule has 0 saturated carbocycles. The molecule has 0 radical (unpaired) electrons. The molecule has 0 fully saturated rings. The number of alkyl halides is 3. The van der Waals surface area contributed by atoms with Gasteiger partial charge in [0.15, 0.2) is 17.4 Å². The lowest BCUT2D eigenvalue weighted by molar-refractivity contribution is -0.138. The molecule has 0 aliphatic heterocycles. The Bertz CT molecular complexity index is 780. The van der Waals surface area contributed by atoms with Crippen LogP contribution >= 0.6 is 22.6 Å². The fourth-order valence-corrected chi connectivity index (χ4v) is 2.11. The van der Waals surface area contributed by atoms with Crippen molar-refractivity contribution in [2.75, 3.05) is 0 Å². The summed E-state index contributed by atoms with van der Waals surface area (Å²) >= 11 is 1.91. The molecule has 2 aromatic rings. The number of nitrogens with zero attached hydrogens (tertiary/aromatic N) is 3. The third-order valence-corrected chi connectivity index (χ3v) is 3.28. The highest BCUT2D eigenvalue weighted by Gasteiger charge is 2.33. The van der Waals surface area contributed by atoms with Crippen LogP contribution in [0.2, 0.25) is 0 Å². The van der Waals surface area contributed by atoms with Crippen molar-refractivity contribution in [2.24, 2.45) is 5.11 Å². The van der Waals surface area contributed by atoms with Gasteiger partial charge in [-0.25, -0.2) is 8.78 Å². The van der Waals surface area contributed by atoms with E-state index in [-0.39, 0.29) is 23.6 Å². The summed E-state index contributed by atoms with van der Waals surface area (Å²) in [5.41, 5.74) is 6.93. The van der Waals surface area contributed by atoms with Crippen LogP contribution in [0, 0.1) is 15.2 Å². The van der Waals surface area contributed by atoms with E-state index in [4.69, 9.17) is 10.3 Å². The zero-order valence-electron chi connectivity index (χ0n) is 10.9. The Hall–Kier alpha value is -2.07. The molecule has 0 aromatic heterocycles. The molecule has 4 nitrogen and oxygen atoms in total. The number of halogens is 6. The first-order valence-corrected chi connectivity index (χ1v) is 6.89. The number of ether oxygens (including phenoxy) is 1. The topological polar surface area (TPSA) is 58.0 Å². The molecular formula is C13H5F5IN3O. The standard InChI is InChI=1S/C13H5F5IN3O/c14-8-3-6(13(16,17)18)4-9(15)12(8)23-11-2-1-7(19)5-10(11)21-22-20/h1-5H. The van der Waals surface area contributed by atoms with E-state index in [2.05, 4.69) is 10.0 Å². The second-order valence-corrected chi connectivity index (χ2v) is 5.42. The number of benzene rings is 2. The Morgan fingerprint density at radius 2 is 1.70 bits per heavy atom. The first-order valence-electron chi connectivity index (χ1n) is 5.81. The molecule has 10 heteroatoms. The number of hydrogen-bond acceptors (Lipinski definition) is 2. The zero-order valence-corrected chi connectivity index (χ0v) is 13.1. The van der Waals surface area contributed by atoms with Crippen LogP contribution < -0.4 is 4.74 Å². The maximum atomic E-state index is 13.8. The van der Waals surface area contributed by atoms with E-state index in [1.807, 2.05) is 22.6 Å². The molecule has 120 valence electrons. The van der Waals surface area contributed by atoms with Gasteiger partial charge in [-0.05, 0) is 58.5 Å². The second-order valence-electron chi connectivity index (χ2n) is 4.17. The van der Waals surface area contributed by atoms with Gasteiger partial charge in [-0.3, -0.25) is 0 Å². The summed E-state index contributed by atoms with van der Waals surface area (Å²) in [4.78, 5) is 2.55. The lowest BCUT2D eigenvalue weighted by atomic mass is 10.2. The molecule has 0 atom stereocenters. The van der Waals surface area contributed by atoms with Gasteiger partial charge in [0.25, 0.3) is 0 Å². The highest BCUT2D eigenvalue weighted by Crippen LogP contribution is 2.38. The molecule has 0 amide bonds. The molecule has 0 aliphatic carbocycles. The predicted octanol–water partition coefficient (Wildman–Crippen LogP) is 6.32. The Kier molecular flexibility index (Phi) is 4.95. The average Bonchev–Trinajstić information content (AvgIpc) is 2.44. The molecule has 23 heavy (non-hydrogen) atoms. The van der Waals surface area contributed by atoms with Crippen molar-refractivity contribution in [3.63, 3.8) is 0 Å². The van der Waals surface area contributed by atoms with Crippen LogP contribution in [0.3, 0.4) is 0 Å². The minimum absolute atomic E-state index is 0.0573. The van der Waals surface area contributed by atoms with E-state index in [9.17, 15) is 22.0 Å². The monoisotopic (exact) mass is 441 g/mol. The van der Waals surface area contributed by atoms with Crippen LogP contribution in [0.5, 0.6) is 11.5 Å². The summed E-state index contributed by atoms with van der Waals surface area (Å²) in [5.74, 6) is -4.26. The van der Waals surface area contributed by atoms with Gasteiger partial charge in [0.2, 0.25) is 0 Å². The Balaban J connectivity index is 2.48. The first kappa shape index (κ1) is 17.3. The van der Waals surface area contributed by atoms with E-state index < -0.39 is 29.1 Å². The van der Waals surface area contributed by atoms with Crippen LogP contribution in [0.1, 0.15) is 5.56 Å². The number of hydrogen-bond donors (Lipinski definition) is 0. The van der Waals surface area contributed by atoms with Crippen molar-refractivity contribution < 1.29 is 26.7 Å². The van der Waals surface area contributed by atoms with E-state index in [0.29, 0.717) is 3.57 Å². The first-order chi connectivity index (χ1) is 10.7. The van der Waals surface area contributed by atoms with Gasteiger partial charge >= 0.3 is 6.18 Å². The van der Waals surface area contributed by atoms with Gasteiger partial charge in [-0.1, -0.05) is 5.11 Å². The van der Waals surface area contributed by atoms with Crippen LogP contribution in [0.4, 0.5) is 27.6 Å². The van der Waals surface area contributed by atoms with Gasteiger partial charge < -0.3 is 4.74 Å². The molecule has 2 aromatic carbocycles. The van der Waals surface area contributed by atoms with Crippen LogP contribution in [-0.4, -0.2) is 0 Å². The summed E-state index contributed by atoms with van der Waals surface area (Å²) in [6.07, 6.45) is -4.89. The van der Waals surface area contributed by atoms with Gasteiger partial charge in [-0.15, -0.1) is 0 Å². The minimum Gasteiger partial charge on any atom is -0.451 e. The molecule has 0 heterocycles. The van der Waals surface area contributed by atoms with E-state index in [1.165, 1.54) is 18.2 Å². The molecular weight excluding hydrogens is 436 g/mol. The quantitative estimate of drug-likeness (QED) is 0.181. The number of azide groups is 1. The fraction of sp³-hybridized carbons (Fsp3) is 0.0769. The van der Waals surface area contributed by atoms with E-state index in [0.717, 1.165) is 0 Å². The van der Waals surface area contributed by atoms with Gasteiger partial charge in [0.1, 0.15) is 5.75 Å². The Labute approximate surface area is 139 Å². The highest BCUT2D eigenvalue weighted by molar-refractivity contribution is 14.1. The van der Waals surface area contributed by atoms with Crippen molar-refractivity contribution in [1.29, 1.82) is 0 Å². The summed E-state index contributed by atoms with van der Waals surface area (Å²) in [7, 11) is 0. The normalized spacial score (nSPS) is 11.0. The molecule has 0 N–H and O–H groups in total. The zero-order chi connectivity index (χ0) is 17.2. The van der Waals surface area contributed by atoms with E-state index >= 15 is 0 Å². The molecule has 0 unspecified atom stereocenters. The van der Waals surface area contributed by atoms with Gasteiger partial charge in [0.05, 0.1) is 11.3 Å². The maximum absolute atomic E-state index is 13.8.